The van der Waals surface area contributed by atoms with E-state index in [1.54, 1.807) is 0 Å². The number of ether oxygens (including phenoxy) is 7. The number of carbonyl (C=O) groups is 3. The number of fused-ring (bicyclic) bond motifs is 1. The van der Waals surface area contributed by atoms with Crippen LogP contribution in [0.15, 0.2) is 6.33 Å². The molecular formula is C28H44ClN6O15P. The Kier molecular flexibility index (Phi) is 17.5. The molecule has 0 saturated heterocycles. The van der Waals surface area contributed by atoms with Gasteiger partial charge in [-0.25, -0.2) is 14.6 Å². The number of rotatable bonds is 22. The third-order valence-electron chi connectivity index (χ3n) is 7.44. The molecule has 51 heavy (non-hydrogen) atoms. The van der Waals surface area contributed by atoms with Crippen molar-refractivity contribution in [2.24, 2.45) is 0 Å². The number of methoxy groups -OCH3 is 3. The van der Waals surface area contributed by atoms with Crippen LogP contribution in [0.2, 0.25) is 5.28 Å². The van der Waals surface area contributed by atoms with Crippen LogP contribution in [0.5, 0.6) is 0 Å². The van der Waals surface area contributed by atoms with E-state index in [9.17, 15) is 29.2 Å². The van der Waals surface area contributed by atoms with E-state index in [0.29, 0.717) is 11.3 Å². The molecule has 1 aliphatic carbocycles. The molecule has 3 N–H and O–H groups in total. The van der Waals surface area contributed by atoms with E-state index >= 15 is 0 Å². The summed E-state index contributed by atoms with van der Waals surface area (Å²) >= 11 is 6.18. The standard InChI is InChI=1S/C28H44ClN6O15P/c1-34(20(36)14-51(41,49-16-47-27(39)45-11-9-42-2)50-17-48-28(40)46-12-10-43-3)13-19(44-4)22(37)25(38)35-15-30-21-23(31-18-7-5-6-8-18)32-26(29)33-24(21)35/h15,18-19,22,25,37-38H,5-14,16-17H2,1-4H3,(H,31,32,33)/t19-,22-,25-/m1/s1. The van der Waals surface area contributed by atoms with Crippen LogP contribution in [-0.2, 0) is 51.6 Å². The Morgan fingerprint density at radius 3 is 2.12 bits per heavy atom. The molecule has 23 heteroatoms. The molecule has 3 atom stereocenters. The van der Waals surface area contributed by atoms with Gasteiger partial charge in [0.2, 0.25) is 24.8 Å². The lowest BCUT2D eigenvalue weighted by Gasteiger charge is -2.30. The van der Waals surface area contributed by atoms with Crippen LogP contribution in [0.3, 0.4) is 0 Å². The molecule has 0 aromatic carbocycles. The number of anilines is 1. The minimum atomic E-state index is -4.49. The maximum absolute atomic E-state index is 13.5. The average molecular weight is 771 g/mol. The van der Waals surface area contributed by atoms with Gasteiger partial charge in [-0.2, -0.15) is 9.97 Å². The van der Waals surface area contributed by atoms with Gasteiger partial charge in [-0.3, -0.25) is 23.0 Å². The van der Waals surface area contributed by atoms with E-state index in [-0.39, 0.29) is 49.9 Å². The van der Waals surface area contributed by atoms with Gasteiger partial charge in [0.1, 0.15) is 31.6 Å². The van der Waals surface area contributed by atoms with Crippen molar-refractivity contribution in [3.05, 3.63) is 11.6 Å². The summed E-state index contributed by atoms with van der Waals surface area (Å²) in [7, 11) is 0.839. The van der Waals surface area contributed by atoms with Crippen molar-refractivity contribution in [2.45, 2.75) is 50.2 Å². The number of imidazole rings is 1. The highest BCUT2D eigenvalue weighted by Crippen LogP contribution is 2.48. The Balaban J connectivity index is 1.66. The Morgan fingerprint density at radius 1 is 0.980 bits per heavy atom. The number of halogens is 1. The topological polar surface area (TPSA) is 251 Å². The Morgan fingerprint density at radius 2 is 1.57 bits per heavy atom. The largest absolute Gasteiger partial charge is 0.510 e. The lowest BCUT2D eigenvalue weighted by Crippen LogP contribution is -2.45. The second-order valence-electron chi connectivity index (χ2n) is 11.0. The van der Waals surface area contributed by atoms with E-state index in [1.807, 2.05) is 0 Å². The van der Waals surface area contributed by atoms with E-state index in [4.69, 9.17) is 53.8 Å². The summed E-state index contributed by atoms with van der Waals surface area (Å²) in [6.45, 7) is -2.36. The summed E-state index contributed by atoms with van der Waals surface area (Å²) in [6.07, 6.45) is -2.53. The maximum atomic E-state index is 13.5. The van der Waals surface area contributed by atoms with Crippen molar-refractivity contribution in [3.8, 4) is 0 Å². The predicted molar refractivity (Wildman–Crippen MR) is 175 cm³/mol. The highest BCUT2D eigenvalue weighted by molar-refractivity contribution is 7.54. The molecule has 1 fully saturated rings. The summed E-state index contributed by atoms with van der Waals surface area (Å²) in [5, 5.41) is 25.5. The Bertz CT molecular complexity index is 1430. The number of nitrogens with zero attached hydrogens (tertiary/aromatic N) is 5. The number of hydrogen-bond acceptors (Lipinski definition) is 19. The predicted octanol–water partition coefficient (Wildman–Crippen LogP) is 1.90. The number of aromatic nitrogens is 4. The summed E-state index contributed by atoms with van der Waals surface area (Å²) < 4.78 is 58.6. The third-order valence-corrected chi connectivity index (χ3v) is 9.26. The minimum absolute atomic E-state index is 0.0881. The smallest absolute Gasteiger partial charge is 0.432 e. The van der Waals surface area contributed by atoms with Gasteiger partial charge in [0.25, 0.3) is 0 Å². The summed E-state index contributed by atoms with van der Waals surface area (Å²) in [5.74, 6) is -0.468. The van der Waals surface area contributed by atoms with Gasteiger partial charge in [-0.05, 0) is 24.4 Å². The monoisotopic (exact) mass is 770 g/mol. The van der Waals surface area contributed by atoms with Gasteiger partial charge in [-0.15, -0.1) is 0 Å². The van der Waals surface area contributed by atoms with Crippen LogP contribution in [0.1, 0.15) is 31.9 Å². The van der Waals surface area contributed by atoms with Crippen LogP contribution in [-0.4, -0.2) is 152 Å². The molecule has 1 aliphatic rings. The fourth-order valence-electron chi connectivity index (χ4n) is 4.72. The van der Waals surface area contributed by atoms with Crippen LogP contribution >= 0.6 is 19.2 Å². The molecule has 2 heterocycles. The first-order chi connectivity index (χ1) is 24.4. The number of likely N-dealkylation sites (N-methyl/N-ethyl adjacent to an activating group) is 1. The highest BCUT2D eigenvalue weighted by Gasteiger charge is 2.35. The summed E-state index contributed by atoms with van der Waals surface area (Å²) in [4.78, 5) is 50.5. The first-order valence-electron chi connectivity index (χ1n) is 15.7. The molecule has 0 bridgehead atoms. The van der Waals surface area contributed by atoms with Gasteiger partial charge in [-0.1, -0.05) is 12.8 Å². The van der Waals surface area contributed by atoms with Gasteiger partial charge in [0.05, 0.1) is 19.5 Å². The molecule has 2 aromatic heterocycles. The first kappa shape index (κ1) is 42.0. The SMILES string of the molecule is COCCOC(=O)OCOP(=O)(CC(=O)N(C)C[C@@H](OC)[C@@H](O)[C@@H](O)n1cnc2c(NC3CCCC3)nc(Cl)nc21)OCOC(=O)OCCOC. The second-order valence-corrected chi connectivity index (χ2v) is 13.4. The molecule has 1 saturated carbocycles. The quantitative estimate of drug-likeness (QED) is 0.0508. The van der Waals surface area contributed by atoms with Crippen molar-refractivity contribution in [1.29, 1.82) is 0 Å². The van der Waals surface area contributed by atoms with E-state index in [2.05, 4.69) is 20.3 Å². The zero-order valence-electron chi connectivity index (χ0n) is 28.6. The fraction of sp³-hybridized carbons (Fsp3) is 0.714. The molecular weight excluding hydrogens is 727 g/mol. The number of aliphatic hydroxyl groups excluding tert-OH is 2. The van der Waals surface area contributed by atoms with Crippen molar-refractivity contribution >= 4 is 54.4 Å². The van der Waals surface area contributed by atoms with Crippen LogP contribution in [0, 0.1) is 0 Å². The first-order valence-corrected chi connectivity index (χ1v) is 17.8. The number of amides is 1. The fourth-order valence-corrected chi connectivity index (χ4v) is 6.14. The Labute approximate surface area is 298 Å². The van der Waals surface area contributed by atoms with Gasteiger partial charge in [0, 0.05) is 41.0 Å². The van der Waals surface area contributed by atoms with Gasteiger partial charge in [0.15, 0.2) is 23.2 Å². The molecule has 0 aliphatic heterocycles. The van der Waals surface area contributed by atoms with Crippen LogP contribution < -0.4 is 5.32 Å². The lowest BCUT2D eigenvalue weighted by atomic mass is 10.1. The van der Waals surface area contributed by atoms with Crippen LogP contribution in [0.4, 0.5) is 15.4 Å². The number of carbonyl (C=O) groups excluding carboxylic acids is 3. The molecule has 288 valence electrons. The zero-order chi connectivity index (χ0) is 37.4. The number of hydrogen-bond donors (Lipinski definition) is 3. The van der Waals surface area contributed by atoms with Crippen molar-refractivity contribution < 1.29 is 71.4 Å². The second kappa shape index (κ2) is 21.2. The number of aliphatic hydroxyl groups is 2. The molecule has 0 unspecified atom stereocenters. The minimum Gasteiger partial charge on any atom is -0.432 e. The highest BCUT2D eigenvalue weighted by atomic mass is 35.5. The van der Waals surface area contributed by atoms with Crippen molar-refractivity contribution in [2.75, 3.05) is 86.4 Å². The normalized spacial score (nSPS) is 15.3. The molecule has 3 rings (SSSR count). The van der Waals surface area contributed by atoms with Crippen LogP contribution in [0.25, 0.3) is 11.2 Å². The van der Waals surface area contributed by atoms with Crippen molar-refractivity contribution in [3.63, 3.8) is 0 Å². The molecule has 0 spiro atoms. The maximum Gasteiger partial charge on any atom is 0.510 e. The van der Waals surface area contributed by atoms with E-state index < -0.39 is 64.0 Å². The van der Waals surface area contributed by atoms with Gasteiger partial charge >= 0.3 is 19.9 Å². The zero-order valence-corrected chi connectivity index (χ0v) is 30.3. The summed E-state index contributed by atoms with van der Waals surface area (Å²) in [6, 6.07) is 0.183. The van der Waals surface area contributed by atoms with Crippen molar-refractivity contribution in [1.82, 2.24) is 24.4 Å². The van der Waals surface area contributed by atoms with Gasteiger partial charge < -0.3 is 53.6 Å². The molecule has 0 radical (unpaired) electrons. The van der Waals surface area contributed by atoms with E-state index in [0.717, 1.165) is 30.6 Å². The lowest BCUT2D eigenvalue weighted by molar-refractivity contribution is -0.135. The molecule has 2 aromatic rings. The molecule has 21 nitrogen and oxygen atoms in total. The average Bonchev–Trinajstić information content (AvgIpc) is 3.77. The third kappa shape index (κ3) is 13.3. The van der Waals surface area contributed by atoms with E-state index in [1.165, 1.54) is 39.3 Å². The summed E-state index contributed by atoms with van der Waals surface area (Å²) in [5.41, 5.74) is 0.472. The number of nitrogens with one attached hydrogen (secondary N) is 1. The molecule has 1 amide bonds. The Hall–Kier alpha value is -3.40.